The van der Waals surface area contributed by atoms with Gasteiger partial charge in [-0.2, -0.15) is 0 Å². The Bertz CT molecular complexity index is 955. The van der Waals surface area contributed by atoms with E-state index >= 15 is 0 Å². The maximum absolute atomic E-state index is 13.7. The van der Waals surface area contributed by atoms with E-state index in [1.165, 1.54) is 36.1 Å². The van der Waals surface area contributed by atoms with Crippen molar-refractivity contribution in [2.45, 2.75) is 57.4 Å². The van der Waals surface area contributed by atoms with E-state index in [1.807, 2.05) is 29.2 Å². The van der Waals surface area contributed by atoms with Crippen LogP contribution in [-0.2, 0) is 20.7 Å². The Hall–Kier alpha value is -1.89. The Morgan fingerprint density at radius 2 is 1.94 bits per heavy atom. The average Bonchev–Trinajstić information content (AvgIpc) is 3.54. The minimum absolute atomic E-state index is 0.00318. The number of fused-ring (bicyclic) bond motifs is 1. The summed E-state index contributed by atoms with van der Waals surface area (Å²) in [5.41, 5.74) is 2.24. The van der Waals surface area contributed by atoms with Crippen molar-refractivity contribution in [3.8, 4) is 0 Å². The minimum Gasteiger partial charge on any atom is -0.385 e. The van der Waals surface area contributed by atoms with Gasteiger partial charge in [0.15, 0.2) is 0 Å². The van der Waals surface area contributed by atoms with E-state index in [1.54, 1.807) is 23.3 Å². The zero-order chi connectivity index (χ0) is 23.9. The van der Waals surface area contributed by atoms with Crippen LogP contribution in [0.1, 0.15) is 67.0 Å². The number of carbonyl (C=O) groups excluding carboxylic acids is 2. The van der Waals surface area contributed by atoms with Gasteiger partial charge in [-0.15, -0.1) is 11.3 Å². The number of hydrogen-bond donors (Lipinski definition) is 0. The van der Waals surface area contributed by atoms with Gasteiger partial charge in [-0.1, -0.05) is 49.4 Å². The molecule has 7 heteroatoms. The Morgan fingerprint density at radius 3 is 2.68 bits per heavy atom. The summed E-state index contributed by atoms with van der Waals surface area (Å²) in [6.45, 7) is 1.90. The Kier molecular flexibility index (Phi) is 9.04. The number of rotatable bonds is 10. The fourth-order valence-electron chi connectivity index (χ4n) is 5.32. The molecule has 2 aliphatic rings. The number of hydrogen-bond acceptors (Lipinski definition) is 4. The van der Waals surface area contributed by atoms with E-state index in [0.717, 1.165) is 24.8 Å². The highest BCUT2D eigenvalue weighted by Gasteiger charge is 2.34. The molecule has 184 valence electrons. The maximum Gasteiger partial charge on any atom is 0.242 e. The predicted octanol–water partition coefficient (Wildman–Crippen LogP) is 5.71. The lowest BCUT2D eigenvalue weighted by atomic mass is 9.93. The molecule has 0 spiro atoms. The van der Waals surface area contributed by atoms with Crippen molar-refractivity contribution in [2.75, 3.05) is 33.4 Å². The molecule has 4 rings (SSSR count). The van der Waals surface area contributed by atoms with Crippen LogP contribution in [0, 0.1) is 5.92 Å². The fraction of sp³-hybridized carbons (Fsp3) is 0.556. The van der Waals surface area contributed by atoms with Crippen LogP contribution in [0.2, 0.25) is 5.02 Å². The number of amides is 2. The molecule has 1 fully saturated rings. The van der Waals surface area contributed by atoms with Crippen molar-refractivity contribution in [1.82, 2.24) is 9.80 Å². The second kappa shape index (κ2) is 12.2. The summed E-state index contributed by atoms with van der Waals surface area (Å²) in [4.78, 5) is 31.9. The third-order valence-electron chi connectivity index (χ3n) is 7.17. The minimum atomic E-state index is -0.144. The lowest BCUT2D eigenvalue weighted by Gasteiger charge is -2.37. The van der Waals surface area contributed by atoms with Crippen LogP contribution >= 0.6 is 22.9 Å². The molecule has 1 aromatic heterocycles. The summed E-state index contributed by atoms with van der Waals surface area (Å²) < 4.78 is 5.21. The second-order valence-corrected chi connectivity index (χ2v) is 10.9. The predicted molar refractivity (Wildman–Crippen MR) is 137 cm³/mol. The molecular formula is C27H35ClN2O3S. The molecule has 5 nitrogen and oxygen atoms in total. The third kappa shape index (κ3) is 6.21. The van der Waals surface area contributed by atoms with Crippen molar-refractivity contribution in [3.05, 3.63) is 56.7 Å². The molecule has 2 heterocycles. The van der Waals surface area contributed by atoms with E-state index in [9.17, 15) is 9.59 Å². The average molecular weight is 503 g/mol. The molecule has 34 heavy (non-hydrogen) atoms. The van der Waals surface area contributed by atoms with Crippen molar-refractivity contribution in [1.29, 1.82) is 0 Å². The first-order chi connectivity index (χ1) is 16.6. The Labute approximate surface area is 212 Å². The topological polar surface area (TPSA) is 49.9 Å². The molecule has 1 aromatic carbocycles. The molecule has 1 atom stereocenters. The standard InChI is InChI=1S/C27H35ClN2O3S/c1-33-17-4-15-29(25(31)12-7-20-5-2-3-6-20)19-26(32)30-16-13-24-23(14-18-34-24)27(30)21-8-10-22(28)11-9-21/h8-11,14,18,20,27H,2-7,12-13,15-17,19H2,1H3. The van der Waals surface area contributed by atoms with Crippen molar-refractivity contribution < 1.29 is 14.3 Å². The molecule has 2 amide bonds. The number of carbonyl (C=O) groups is 2. The van der Waals surface area contributed by atoms with Gasteiger partial charge < -0.3 is 14.5 Å². The van der Waals surface area contributed by atoms with Crippen molar-refractivity contribution in [2.24, 2.45) is 5.92 Å². The van der Waals surface area contributed by atoms with Gasteiger partial charge in [0.1, 0.15) is 0 Å². The van der Waals surface area contributed by atoms with Gasteiger partial charge in [-0.05, 0) is 59.9 Å². The third-order valence-corrected chi connectivity index (χ3v) is 8.42. The van der Waals surface area contributed by atoms with Crippen LogP contribution in [0.4, 0.5) is 0 Å². The first kappa shape index (κ1) is 25.2. The molecule has 1 unspecified atom stereocenters. The zero-order valence-electron chi connectivity index (χ0n) is 20.0. The fourth-order valence-corrected chi connectivity index (χ4v) is 6.35. The summed E-state index contributed by atoms with van der Waals surface area (Å²) in [5, 5.41) is 2.78. The summed E-state index contributed by atoms with van der Waals surface area (Å²) in [6, 6.07) is 9.75. The lowest BCUT2D eigenvalue weighted by molar-refractivity contribution is -0.142. The van der Waals surface area contributed by atoms with Gasteiger partial charge in [-0.3, -0.25) is 9.59 Å². The number of halogens is 1. The van der Waals surface area contributed by atoms with Gasteiger partial charge in [0.2, 0.25) is 11.8 Å². The van der Waals surface area contributed by atoms with Gasteiger partial charge in [-0.25, -0.2) is 0 Å². The Morgan fingerprint density at radius 1 is 1.18 bits per heavy atom. The van der Waals surface area contributed by atoms with Crippen molar-refractivity contribution >= 4 is 34.8 Å². The monoisotopic (exact) mass is 502 g/mol. The summed E-state index contributed by atoms with van der Waals surface area (Å²) >= 11 is 7.89. The van der Waals surface area contributed by atoms with Gasteiger partial charge in [0.25, 0.3) is 0 Å². The smallest absolute Gasteiger partial charge is 0.242 e. The highest BCUT2D eigenvalue weighted by atomic mass is 35.5. The first-order valence-electron chi connectivity index (χ1n) is 12.4. The Balaban J connectivity index is 1.49. The van der Waals surface area contributed by atoms with Crippen LogP contribution in [0.25, 0.3) is 0 Å². The zero-order valence-corrected chi connectivity index (χ0v) is 21.6. The molecule has 0 saturated heterocycles. The van der Waals surface area contributed by atoms with E-state index in [2.05, 4.69) is 11.4 Å². The van der Waals surface area contributed by atoms with Crippen LogP contribution in [0.3, 0.4) is 0 Å². The van der Waals surface area contributed by atoms with Gasteiger partial charge >= 0.3 is 0 Å². The molecule has 2 aromatic rings. The van der Waals surface area contributed by atoms with E-state index in [4.69, 9.17) is 16.3 Å². The van der Waals surface area contributed by atoms with E-state index in [0.29, 0.717) is 37.1 Å². The largest absolute Gasteiger partial charge is 0.385 e. The first-order valence-corrected chi connectivity index (χ1v) is 13.7. The highest BCUT2D eigenvalue weighted by Crippen LogP contribution is 2.38. The van der Waals surface area contributed by atoms with Crippen LogP contribution in [-0.4, -0.2) is 55.0 Å². The van der Waals surface area contributed by atoms with Crippen LogP contribution < -0.4 is 0 Å². The van der Waals surface area contributed by atoms with Gasteiger partial charge in [0.05, 0.1) is 12.6 Å². The normalized spacial score (nSPS) is 18.2. The second-order valence-electron chi connectivity index (χ2n) is 9.44. The SMILES string of the molecule is COCCCN(CC(=O)N1CCc2sccc2C1c1ccc(Cl)cc1)C(=O)CCC1CCCC1. The van der Waals surface area contributed by atoms with E-state index in [-0.39, 0.29) is 24.4 Å². The molecule has 0 N–H and O–H groups in total. The van der Waals surface area contributed by atoms with Crippen molar-refractivity contribution in [3.63, 3.8) is 0 Å². The number of methoxy groups -OCH3 is 1. The molecule has 1 aliphatic heterocycles. The number of thiophene rings is 1. The highest BCUT2D eigenvalue weighted by molar-refractivity contribution is 7.10. The maximum atomic E-state index is 13.7. The van der Waals surface area contributed by atoms with E-state index < -0.39 is 0 Å². The molecule has 1 aliphatic carbocycles. The van der Waals surface area contributed by atoms with Crippen LogP contribution in [0.15, 0.2) is 35.7 Å². The molecule has 1 saturated carbocycles. The number of ether oxygens (including phenoxy) is 1. The molecule has 0 bridgehead atoms. The lowest BCUT2D eigenvalue weighted by Crippen LogP contribution is -2.47. The number of benzene rings is 1. The number of nitrogens with zero attached hydrogens (tertiary/aromatic N) is 2. The molecule has 0 radical (unpaired) electrons. The quantitative estimate of drug-likeness (QED) is 0.391. The van der Waals surface area contributed by atoms with Crippen LogP contribution in [0.5, 0.6) is 0 Å². The summed E-state index contributed by atoms with van der Waals surface area (Å²) in [7, 11) is 1.67. The van der Waals surface area contributed by atoms with Gasteiger partial charge in [0, 0.05) is 43.1 Å². The summed E-state index contributed by atoms with van der Waals surface area (Å²) in [6.07, 6.45) is 8.06. The summed E-state index contributed by atoms with van der Waals surface area (Å²) in [5.74, 6) is 0.755. The molecular weight excluding hydrogens is 468 g/mol.